The molecule has 0 saturated carbocycles. The predicted molar refractivity (Wildman–Crippen MR) is 97.0 cm³/mol. The van der Waals surface area contributed by atoms with Crippen LogP contribution in [0.15, 0.2) is 48.5 Å². The molecule has 6 heteroatoms. The van der Waals surface area contributed by atoms with Gasteiger partial charge in [-0.2, -0.15) is 0 Å². The normalized spacial score (nSPS) is 21.0. The minimum atomic E-state index is -0.918. The molecule has 1 aliphatic heterocycles. The van der Waals surface area contributed by atoms with Gasteiger partial charge in [0.25, 0.3) is 0 Å². The Kier molecular flexibility index (Phi) is 5.75. The van der Waals surface area contributed by atoms with E-state index in [9.17, 15) is 18.7 Å². The van der Waals surface area contributed by atoms with Gasteiger partial charge in [-0.25, -0.2) is 13.6 Å². The number of hydrogen-bond donors (Lipinski definition) is 1. The highest BCUT2D eigenvalue weighted by atomic mass is 19.1. The molecule has 4 nitrogen and oxygen atoms in total. The van der Waals surface area contributed by atoms with Crippen LogP contribution < -0.4 is 0 Å². The van der Waals surface area contributed by atoms with Crippen molar-refractivity contribution in [2.45, 2.75) is 37.8 Å². The molecule has 0 aromatic heterocycles. The molecule has 0 spiro atoms. The smallest absolute Gasteiger partial charge is 0.411 e. The van der Waals surface area contributed by atoms with E-state index in [2.05, 4.69) is 0 Å². The number of amides is 1. The Hall–Kier alpha value is -2.47. The zero-order valence-corrected chi connectivity index (χ0v) is 15.2. The van der Waals surface area contributed by atoms with E-state index in [0.717, 1.165) is 0 Å². The van der Waals surface area contributed by atoms with Gasteiger partial charge in [-0.1, -0.05) is 30.3 Å². The fourth-order valence-electron chi connectivity index (χ4n) is 3.64. The summed E-state index contributed by atoms with van der Waals surface area (Å²) in [6, 6.07) is 11.8. The number of hydrogen-bond acceptors (Lipinski definition) is 3. The zero-order chi connectivity index (χ0) is 19.4. The first-order valence-corrected chi connectivity index (χ1v) is 9.08. The molecule has 144 valence electrons. The quantitative estimate of drug-likeness (QED) is 0.807. The molecular weight excluding hydrogens is 352 g/mol. The van der Waals surface area contributed by atoms with Crippen molar-refractivity contribution in [2.24, 2.45) is 0 Å². The Balaban J connectivity index is 1.84. The number of rotatable bonds is 6. The van der Waals surface area contributed by atoms with Gasteiger partial charge >= 0.3 is 6.09 Å². The van der Waals surface area contributed by atoms with Crippen LogP contribution >= 0.6 is 0 Å². The highest BCUT2D eigenvalue weighted by Crippen LogP contribution is 2.40. The maximum absolute atomic E-state index is 14.1. The molecule has 0 bridgehead atoms. The van der Waals surface area contributed by atoms with E-state index in [1.165, 1.54) is 23.1 Å². The van der Waals surface area contributed by atoms with Crippen LogP contribution in [0.2, 0.25) is 0 Å². The second kappa shape index (κ2) is 8.05. The predicted octanol–water partition coefficient (Wildman–Crippen LogP) is 4.54. The third kappa shape index (κ3) is 3.95. The standard InChI is InChI=1S/C21H23F2NO3/c1-15(18-5-2-3-6-19(18)23)24-13-12-21(11-4-14-25,27-20(24)26)16-7-9-17(22)10-8-16/h2-3,5-10,15,25H,4,11-14H2,1H3/t15-,21?/m0/s1. The van der Waals surface area contributed by atoms with Crippen molar-refractivity contribution >= 4 is 6.09 Å². The highest BCUT2D eigenvalue weighted by Gasteiger charge is 2.43. The maximum Gasteiger partial charge on any atom is 0.411 e. The molecule has 1 fully saturated rings. The van der Waals surface area contributed by atoms with Crippen LogP contribution in [0.5, 0.6) is 0 Å². The number of ether oxygens (including phenoxy) is 1. The molecule has 1 N–H and O–H groups in total. The molecule has 1 amide bonds. The molecule has 1 unspecified atom stereocenters. The largest absolute Gasteiger partial charge is 0.438 e. The number of cyclic esters (lactones) is 1. The number of carbonyl (C=O) groups is 1. The van der Waals surface area contributed by atoms with E-state index < -0.39 is 17.7 Å². The fourth-order valence-corrected chi connectivity index (χ4v) is 3.64. The lowest BCUT2D eigenvalue weighted by molar-refractivity contribution is -0.0682. The summed E-state index contributed by atoms with van der Waals surface area (Å²) in [6.07, 6.45) is 0.818. The third-order valence-electron chi connectivity index (χ3n) is 5.21. The summed E-state index contributed by atoms with van der Waals surface area (Å²) in [4.78, 5) is 14.3. The van der Waals surface area contributed by atoms with Crippen LogP contribution in [-0.2, 0) is 10.3 Å². The third-order valence-corrected chi connectivity index (χ3v) is 5.21. The Morgan fingerprint density at radius 1 is 1.19 bits per heavy atom. The summed E-state index contributed by atoms with van der Waals surface area (Å²) in [7, 11) is 0. The second-order valence-electron chi connectivity index (χ2n) is 6.84. The van der Waals surface area contributed by atoms with Gasteiger partial charge in [-0.3, -0.25) is 0 Å². The lowest BCUT2D eigenvalue weighted by Gasteiger charge is -2.43. The first kappa shape index (κ1) is 19.3. The van der Waals surface area contributed by atoms with E-state index in [4.69, 9.17) is 4.74 Å². The number of aliphatic hydroxyl groups excluding tert-OH is 1. The molecular formula is C21H23F2NO3. The van der Waals surface area contributed by atoms with E-state index in [0.29, 0.717) is 36.9 Å². The monoisotopic (exact) mass is 375 g/mol. The van der Waals surface area contributed by atoms with Crippen LogP contribution in [0.4, 0.5) is 13.6 Å². The summed E-state index contributed by atoms with van der Waals surface area (Å²) < 4.78 is 33.2. The highest BCUT2D eigenvalue weighted by molar-refractivity contribution is 5.70. The molecule has 0 radical (unpaired) electrons. The van der Waals surface area contributed by atoms with E-state index in [1.807, 2.05) is 0 Å². The van der Waals surface area contributed by atoms with Crippen LogP contribution in [0.25, 0.3) is 0 Å². The summed E-state index contributed by atoms with van der Waals surface area (Å²) in [5.74, 6) is -0.735. The van der Waals surface area contributed by atoms with E-state index >= 15 is 0 Å². The number of nitrogens with zero attached hydrogens (tertiary/aromatic N) is 1. The van der Waals surface area contributed by atoms with Crippen molar-refractivity contribution in [2.75, 3.05) is 13.2 Å². The first-order valence-electron chi connectivity index (χ1n) is 9.08. The Morgan fingerprint density at radius 3 is 2.52 bits per heavy atom. The molecule has 2 aromatic rings. The Labute approximate surface area is 157 Å². The molecule has 2 aromatic carbocycles. The average molecular weight is 375 g/mol. The first-order chi connectivity index (χ1) is 13.0. The van der Waals surface area contributed by atoms with Crippen molar-refractivity contribution in [3.05, 3.63) is 71.3 Å². The van der Waals surface area contributed by atoms with Gasteiger partial charge in [0.05, 0.1) is 6.04 Å². The van der Waals surface area contributed by atoms with Crippen molar-refractivity contribution in [3.63, 3.8) is 0 Å². The summed E-state index contributed by atoms with van der Waals surface area (Å²) in [5.41, 5.74) is 0.210. The summed E-state index contributed by atoms with van der Waals surface area (Å²) in [6.45, 7) is 2.10. The van der Waals surface area contributed by atoms with Gasteiger partial charge in [0.1, 0.15) is 17.2 Å². The maximum atomic E-state index is 14.1. The molecule has 1 saturated heterocycles. The Morgan fingerprint density at radius 2 is 1.89 bits per heavy atom. The molecule has 1 heterocycles. The molecule has 1 aliphatic rings. The number of aliphatic hydroxyl groups is 1. The number of benzene rings is 2. The molecule has 27 heavy (non-hydrogen) atoms. The number of halogens is 2. The summed E-state index contributed by atoms with van der Waals surface area (Å²) >= 11 is 0. The number of carbonyl (C=O) groups excluding carboxylic acids is 1. The lowest BCUT2D eigenvalue weighted by atomic mass is 9.84. The van der Waals surface area contributed by atoms with Crippen LogP contribution in [0.1, 0.15) is 43.4 Å². The fraction of sp³-hybridized carbons (Fsp3) is 0.381. The van der Waals surface area contributed by atoms with Crippen molar-refractivity contribution in [3.8, 4) is 0 Å². The lowest BCUT2D eigenvalue weighted by Crippen LogP contribution is -2.49. The zero-order valence-electron chi connectivity index (χ0n) is 15.2. The minimum absolute atomic E-state index is 0.0319. The average Bonchev–Trinajstić information content (AvgIpc) is 2.67. The van der Waals surface area contributed by atoms with Crippen LogP contribution in [-0.4, -0.2) is 29.3 Å². The summed E-state index contributed by atoms with van der Waals surface area (Å²) in [5, 5.41) is 9.24. The van der Waals surface area contributed by atoms with Crippen molar-refractivity contribution in [1.82, 2.24) is 4.90 Å². The molecule has 2 atom stereocenters. The topological polar surface area (TPSA) is 49.8 Å². The Bertz CT molecular complexity index is 796. The van der Waals surface area contributed by atoms with E-state index in [-0.39, 0.29) is 18.2 Å². The van der Waals surface area contributed by atoms with Gasteiger partial charge in [-0.15, -0.1) is 0 Å². The van der Waals surface area contributed by atoms with Gasteiger partial charge in [0.2, 0.25) is 0 Å². The van der Waals surface area contributed by atoms with Crippen molar-refractivity contribution in [1.29, 1.82) is 0 Å². The van der Waals surface area contributed by atoms with Gasteiger partial charge < -0.3 is 14.7 Å². The molecule has 3 rings (SSSR count). The van der Waals surface area contributed by atoms with Crippen molar-refractivity contribution < 1.29 is 23.4 Å². The van der Waals surface area contributed by atoms with Gasteiger partial charge in [0, 0.05) is 25.1 Å². The molecule has 0 aliphatic carbocycles. The van der Waals surface area contributed by atoms with Gasteiger partial charge in [-0.05, 0) is 43.5 Å². The second-order valence-corrected chi connectivity index (χ2v) is 6.84. The SMILES string of the molecule is C[C@@H](c1ccccc1F)N1CCC(CCCO)(c2ccc(F)cc2)OC1=O. The van der Waals surface area contributed by atoms with Gasteiger partial charge in [0.15, 0.2) is 0 Å². The minimum Gasteiger partial charge on any atom is -0.438 e. The van der Waals surface area contributed by atoms with Crippen LogP contribution in [0, 0.1) is 11.6 Å². The van der Waals surface area contributed by atoms with Crippen LogP contribution in [0.3, 0.4) is 0 Å². The van der Waals surface area contributed by atoms with E-state index in [1.54, 1.807) is 37.3 Å².